The van der Waals surface area contributed by atoms with Crippen molar-refractivity contribution >= 4 is 17.5 Å². The smallest absolute Gasteiger partial charge is 0.251 e. The summed E-state index contributed by atoms with van der Waals surface area (Å²) in [6, 6.07) is 13.3. The minimum absolute atomic E-state index is 0.00191. The van der Waals surface area contributed by atoms with Crippen molar-refractivity contribution in [2.45, 2.75) is 50.9 Å². The zero-order chi connectivity index (χ0) is 19.5. The van der Waals surface area contributed by atoms with Gasteiger partial charge in [0, 0.05) is 30.8 Å². The molecular formula is C22H22ClN3O2. The Kier molecular flexibility index (Phi) is 5.52. The standard InChI is InChI=1S/C22H22ClN3O2/c23-21-10-20(6-3-15(21)11-24)28-19-7-4-18(5-8-19)26-22(27)14-1-2-16-12-25-13-17(16)9-14/h1-3,6,9-10,18-19,25H,4-5,7-8,12-13H2,(H,26,27). The Balaban J connectivity index is 1.29. The number of amides is 1. The van der Waals surface area contributed by atoms with Gasteiger partial charge < -0.3 is 15.4 Å². The van der Waals surface area contributed by atoms with Gasteiger partial charge in [0.2, 0.25) is 0 Å². The fourth-order valence-corrected chi connectivity index (χ4v) is 4.09. The maximum Gasteiger partial charge on any atom is 0.251 e. The van der Waals surface area contributed by atoms with Crippen molar-refractivity contribution < 1.29 is 9.53 Å². The molecule has 2 aliphatic rings. The Morgan fingerprint density at radius 1 is 1.11 bits per heavy atom. The van der Waals surface area contributed by atoms with Gasteiger partial charge in [-0.1, -0.05) is 17.7 Å². The third-order valence-electron chi connectivity index (χ3n) is 5.47. The van der Waals surface area contributed by atoms with Crippen molar-refractivity contribution in [3.05, 3.63) is 63.7 Å². The van der Waals surface area contributed by atoms with Gasteiger partial charge in [0.1, 0.15) is 11.8 Å². The second-order valence-corrected chi connectivity index (χ2v) is 7.81. The molecule has 1 aliphatic carbocycles. The lowest BCUT2D eigenvalue weighted by molar-refractivity contribution is 0.0894. The van der Waals surface area contributed by atoms with Gasteiger partial charge in [-0.3, -0.25) is 4.79 Å². The minimum atomic E-state index is -0.00191. The average molecular weight is 396 g/mol. The summed E-state index contributed by atoms with van der Waals surface area (Å²) in [5, 5.41) is 15.8. The topological polar surface area (TPSA) is 74.1 Å². The molecule has 1 aliphatic heterocycles. The number of fused-ring (bicyclic) bond motifs is 1. The van der Waals surface area contributed by atoms with Crippen LogP contribution in [-0.2, 0) is 13.1 Å². The van der Waals surface area contributed by atoms with Gasteiger partial charge in [0.15, 0.2) is 0 Å². The van der Waals surface area contributed by atoms with E-state index in [2.05, 4.69) is 10.6 Å². The van der Waals surface area contributed by atoms with Crippen molar-refractivity contribution in [1.82, 2.24) is 10.6 Å². The number of carbonyl (C=O) groups excluding carboxylic acids is 1. The Morgan fingerprint density at radius 3 is 2.64 bits per heavy atom. The van der Waals surface area contributed by atoms with Crippen LogP contribution in [-0.4, -0.2) is 18.1 Å². The molecule has 1 fully saturated rings. The first-order valence-electron chi connectivity index (χ1n) is 9.62. The lowest BCUT2D eigenvalue weighted by Crippen LogP contribution is -2.39. The maximum absolute atomic E-state index is 12.6. The lowest BCUT2D eigenvalue weighted by atomic mass is 9.92. The largest absolute Gasteiger partial charge is 0.490 e. The number of hydrogen-bond donors (Lipinski definition) is 2. The fourth-order valence-electron chi connectivity index (χ4n) is 3.88. The molecule has 0 bridgehead atoms. The summed E-state index contributed by atoms with van der Waals surface area (Å²) in [5.41, 5.74) is 3.67. The van der Waals surface area contributed by atoms with E-state index in [0.29, 0.717) is 16.3 Å². The van der Waals surface area contributed by atoms with Crippen LogP contribution in [0.5, 0.6) is 5.75 Å². The first kappa shape index (κ1) is 18.8. The highest BCUT2D eigenvalue weighted by molar-refractivity contribution is 6.31. The summed E-state index contributed by atoms with van der Waals surface area (Å²) in [6.07, 6.45) is 3.61. The summed E-state index contributed by atoms with van der Waals surface area (Å²) in [4.78, 5) is 12.6. The molecule has 5 nitrogen and oxygen atoms in total. The summed E-state index contributed by atoms with van der Waals surface area (Å²) in [5.74, 6) is 0.682. The van der Waals surface area contributed by atoms with Crippen LogP contribution in [0.3, 0.4) is 0 Å². The number of nitrogens with one attached hydrogen (secondary N) is 2. The summed E-state index contributed by atoms with van der Waals surface area (Å²) < 4.78 is 6.01. The predicted molar refractivity (Wildman–Crippen MR) is 107 cm³/mol. The van der Waals surface area contributed by atoms with E-state index in [1.807, 2.05) is 24.3 Å². The summed E-state index contributed by atoms with van der Waals surface area (Å²) >= 11 is 6.07. The molecule has 28 heavy (non-hydrogen) atoms. The fraction of sp³-hybridized carbons (Fsp3) is 0.364. The molecule has 6 heteroatoms. The van der Waals surface area contributed by atoms with Crippen molar-refractivity contribution in [2.24, 2.45) is 0 Å². The molecule has 0 atom stereocenters. The molecule has 0 aromatic heterocycles. The molecule has 1 heterocycles. The van der Waals surface area contributed by atoms with E-state index in [9.17, 15) is 4.79 Å². The molecule has 0 spiro atoms. The Labute approximate surface area is 169 Å². The zero-order valence-corrected chi connectivity index (χ0v) is 16.3. The highest BCUT2D eigenvalue weighted by Gasteiger charge is 2.24. The van der Waals surface area contributed by atoms with E-state index in [-0.39, 0.29) is 18.1 Å². The van der Waals surface area contributed by atoms with Gasteiger partial charge >= 0.3 is 0 Å². The molecule has 0 radical (unpaired) electrons. The van der Waals surface area contributed by atoms with Gasteiger partial charge in [-0.25, -0.2) is 0 Å². The maximum atomic E-state index is 12.6. The first-order valence-corrected chi connectivity index (χ1v) is 10.00. The highest BCUT2D eigenvalue weighted by Crippen LogP contribution is 2.27. The minimum Gasteiger partial charge on any atom is -0.490 e. The summed E-state index contributed by atoms with van der Waals surface area (Å²) in [7, 11) is 0. The molecular weight excluding hydrogens is 374 g/mol. The van der Waals surface area contributed by atoms with Crippen molar-refractivity contribution in [3.8, 4) is 11.8 Å². The molecule has 2 N–H and O–H groups in total. The Bertz CT molecular complexity index is 930. The van der Waals surface area contributed by atoms with Crippen LogP contribution in [0.25, 0.3) is 0 Å². The van der Waals surface area contributed by atoms with Crippen molar-refractivity contribution in [3.63, 3.8) is 0 Å². The van der Waals surface area contributed by atoms with Crippen LogP contribution in [0, 0.1) is 11.3 Å². The van der Waals surface area contributed by atoms with Gasteiger partial charge in [0.05, 0.1) is 16.7 Å². The van der Waals surface area contributed by atoms with Crippen LogP contribution < -0.4 is 15.4 Å². The number of rotatable bonds is 4. The van der Waals surface area contributed by atoms with Crippen LogP contribution in [0.15, 0.2) is 36.4 Å². The normalized spacial score (nSPS) is 20.9. The van der Waals surface area contributed by atoms with Gasteiger partial charge in [-0.15, -0.1) is 0 Å². The highest BCUT2D eigenvalue weighted by atomic mass is 35.5. The quantitative estimate of drug-likeness (QED) is 0.822. The molecule has 4 rings (SSSR count). The molecule has 2 aromatic rings. The number of benzene rings is 2. The molecule has 0 saturated heterocycles. The van der Waals surface area contributed by atoms with Gasteiger partial charge in [0.25, 0.3) is 5.91 Å². The molecule has 2 aromatic carbocycles. The van der Waals surface area contributed by atoms with E-state index in [4.69, 9.17) is 21.6 Å². The predicted octanol–water partition coefficient (Wildman–Crippen LogP) is 3.93. The number of nitrogens with zero attached hydrogens (tertiary/aromatic N) is 1. The van der Waals surface area contributed by atoms with Crippen molar-refractivity contribution in [2.75, 3.05) is 0 Å². The third kappa shape index (κ3) is 4.14. The van der Waals surface area contributed by atoms with Crippen LogP contribution in [0.2, 0.25) is 5.02 Å². The van der Waals surface area contributed by atoms with Gasteiger partial charge in [-0.2, -0.15) is 5.26 Å². The monoisotopic (exact) mass is 395 g/mol. The van der Waals surface area contributed by atoms with E-state index in [1.165, 1.54) is 11.1 Å². The Morgan fingerprint density at radius 2 is 1.89 bits per heavy atom. The molecule has 1 saturated carbocycles. The van der Waals surface area contributed by atoms with Crippen LogP contribution >= 0.6 is 11.6 Å². The number of ether oxygens (including phenoxy) is 1. The van der Waals surface area contributed by atoms with Gasteiger partial charge in [-0.05, 0) is 61.1 Å². The van der Waals surface area contributed by atoms with E-state index in [0.717, 1.165) is 44.3 Å². The number of halogens is 1. The van der Waals surface area contributed by atoms with Crippen LogP contribution in [0.1, 0.15) is 52.7 Å². The van der Waals surface area contributed by atoms with E-state index in [1.54, 1.807) is 18.2 Å². The number of hydrogen-bond acceptors (Lipinski definition) is 4. The number of carbonyl (C=O) groups is 1. The van der Waals surface area contributed by atoms with E-state index >= 15 is 0 Å². The molecule has 1 amide bonds. The average Bonchev–Trinajstić information content (AvgIpc) is 3.17. The zero-order valence-electron chi connectivity index (χ0n) is 15.5. The first-order chi connectivity index (χ1) is 13.6. The van der Waals surface area contributed by atoms with Crippen LogP contribution in [0.4, 0.5) is 0 Å². The third-order valence-corrected chi connectivity index (χ3v) is 5.79. The van der Waals surface area contributed by atoms with E-state index < -0.39 is 0 Å². The molecule has 144 valence electrons. The summed E-state index contributed by atoms with van der Waals surface area (Å²) in [6.45, 7) is 1.71. The van der Waals surface area contributed by atoms with Crippen molar-refractivity contribution in [1.29, 1.82) is 5.26 Å². The SMILES string of the molecule is N#Cc1ccc(OC2CCC(NC(=O)c3ccc4c(c3)CNC4)CC2)cc1Cl. The lowest BCUT2D eigenvalue weighted by Gasteiger charge is -2.29. The molecule has 0 unspecified atom stereocenters. The second-order valence-electron chi connectivity index (χ2n) is 7.41. The second kappa shape index (κ2) is 8.22. The Hall–Kier alpha value is -2.55. The number of nitriles is 1.